The molecule has 0 saturated carbocycles. The molecule has 0 aliphatic carbocycles. The number of amides is 1. The standard InChI is InChI=1S/C26H30N2O4S/c1-19(2)23-17-24-22(18-32-25(24)15-20(23)3)16-26(29)27-10-12-28(13-11-27)33(30,31)14-9-21-7-5-4-6-8-21/h4-9,14-15,17-19H,10-13,16H2,1-3H3/b14-9+. The van der Waals surface area contributed by atoms with E-state index < -0.39 is 10.0 Å². The molecule has 1 amide bonds. The number of sulfonamides is 1. The fraction of sp³-hybridized carbons (Fsp3) is 0.346. The van der Waals surface area contributed by atoms with Crippen molar-refractivity contribution in [3.05, 3.63) is 76.4 Å². The molecule has 0 N–H and O–H groups in total. The minimum Gasteiger partial charge on any atom is -0.464 e. The largest absolute Gasteiger partial charge is 0.464 e. The molecule has 3 aromatic rings. The molecule has 7 heteroatoms. The first-order valence-electron chi connectivity index (χ1n) is 11.3. The smallest absolute Gasteiger partial charge is 0.236 e. The van der Waals surface area contributed by atoms with Crippen LogP contribution in [0.2, 0.25) is 0 Å². The number of carbonyl (C=O) groups is 1. The lowest BCUT2D eigenvalue weighted by atomic mass is 9.95. The molecule has 1 saturated heterocycles. The molecule has 1 fully saturated rings. The normalized spacial score (nSPS) is 15.7. The summed E-state index contributed by atoms with van der Waals surface area (Å²) in [7, 11) is -3.53. The minimum atomic E-state index is -3.53. The van der Waals surface area contributed by atoms with Crippen molar-refractivity contribution in [3.8, 4) is 0 Å². The third kappa shape index (κ3) is 5.20. The van der Waals surface area contributed by atoms with Crippen molar-refractivity contribution in [2.75, 3.05) is 26.2 Å². The molecule has 0 spiro atoms. The number of hydrogen-bond acceptors (Lipinski definition) is 4. The van der Waals surface area contributed by atoms with E-state index in [1.165, 1.54) is 20.8 Å². The van der Waals surface area contributed by atoms with Crippen LogP contribution in [-0.2, 0) is 21.2 Å². The molecule has 2 aromatic carbocycles. The van der Waals surface area contributed by atoms with Crippen LogP contribution in [0.15, 0.2) is 58.6 Å². The van der Waals surface area contributed by atoms with Gasteiger partial charge < -0.3 is 9.32 Å². The van der Waals surface area contributed by atoms with Crippen LogP contribution >= 0.6 is 0 Å². The van der Waals surface area contributed by atoms with Gasteiger partial charge in [0.05, 0.1) is 12.7 Å². The zero-order valence-corrected chi connectivity index (χ0v) is 20.1. The Bertz CT molecular complexity index is 1270. The summed E-state index contributed by atoms with van der Waals surface area (Å²) in [5, 5.41) is 2.22. The van der Waals surface area contributed by atoms with Gasteiger partial charge in [-0.1, -0.05) is 44.2 Å². The number of fused-ring (bicyclic) bond motifs is 1. The molecule has 0 radical (unpaired) electrons. The van der Waals surface area contributed by atoms with Crippen LogP contribution in [0.4, 0.5) is 0 Å². The summed E-state index contributed by atoms with van der Waals surface area (Å²) in [6.45, 7) is 7.72. The second-order valence-electron chi connectivity index (χ2n) is 8.84. The molecule has 1 aliphatic heterocycles. The van der Waals surface area contributed by atoms with Crippen molar-refractivity contribution < 1.29 is 17.6 Å². The van der Waals surface area contributed by atoms with E-state index in [9.17, 15) is 13.2 Å². The van der Waals surface area contributed by atoms with Crippen molar-refractivity contribution in [3.63, 3.8) is 0 Å². The fourth-order valence-electron chi connectivity index (χ4n) is 4.29. The van der Waals surface area contributed by atoms with Crippen LogP contribution in [-0.4, -0.2) is 49.7 Å². The first kappa shape index (κ1) is 23.3. The van der Waals surface area contributed by atoms with Crippen molar-refractivity contribution in [2.45, 2.75) is 33.1 Å². The molecule has 2 heterocycles. The molecule has 174 valence electrons. The lowest BCUT2D eigenvalue weighted by molar-refractivity contribution is -0.131. The summed E-state index contributed by atoms with van der Waals surface area (Å²) in [6, 6.07) is 13.5. The number of furan rings is 1. The molecule has 33 heavy (non-hydrogen) atoms. The Hall–Kier alpha value is -2.90. The predicted octanol–water partition coefficient (Wildman–Crippen LogP) is 4.55. The van der Waals surface area contributed by atoms with Crippen molar-refractivity contribution >= 4 is 33.0 Å². The van der Waals surface area contributed by atoms with Crippen molar-refractivity contribution in [2.24, 2.45) is 0 Å². The Morgan fingerprint density at radius 2 is 1.79 bits per heavy atom. The van der Waals surface area contributed by atoms with Crippen LogP contribution in [0, 0.1) is 6.92 Å². The van der Waals surface area contributed by atoms with Crippen LogP contribution < -0.4 is 0 Å². The Balaban J connectivity index is 1.40. The van der Waals surface area contributed by atoms with E-state index >= 15 is 0 Å². The van der Waals surface area contributed by atoms with E-state index in [0.29, 0.717) is 19.0 Å². The maximum atomic E-state index is 13.0. The number of hydrogen-bond donors (Lipinski definition) is 0. The minimum absolute atomic E-state index is 0.0127. The van der Waals surface area contributed by atoms with E-state index in [1.807, 2.05) is 36.4 Å². The summed E-state index contributed by atoms with van der Waals surface area (Å²) >= 11 is 0. The topological polar surface area (TPSA) is 70.8 Å². The van der Waals surface area contributed by atoms with Gasteiger partial charge >= 0.3 is 0 Å². The van der Waals surface area contributed by atoms with Crippen molar-refractivity contribution in [1.82, 2.24) is 9.21 Å². The van der Waals surface area contributed by atoms with Gasteiger partial charge in [0.2, 0.25) is 15.9 Å². The molecular formula is C26H30N2O4S. The van der Waals surface area contributed by atoms with Gasteiger partial charge in [0.1, 0.15) is 5.58 Å². The highest BCUT2D eigenvalue weighted by Crippen LogP contribution is 2.29. The maximum absolute atomic E-state index is 13.0. The summed E-state index contributed by atoms with van der Waals surface area (Å²) < 4.78 is 32.5. The van der Waals surface area contributed by atoms with Gasteiger partial charge in [-0.25, -0.2) is 8.42 Å². The van der Waals surface area contributed by atoms with Crippen LogP contribution in [0.25, 0.3) is 17.0 Å². The fourth-order valence-corrected chi connectivity index (χ4v) is 5.46. The van der Waals surface area contributed by atoms with Gasteiger partial charge in [-0.3, -0.25) is 4.79 Å². The van der Waals surface area contributed by atoms with Gasteiger partial charge in [-0.05, 0) is 47.7 Å². The zero-order valence-electron chi connectivity index (χ0n) is 19.3. The Labute approximate surface area is 195 Å². The number of piperazine rings is 1. The zero-order chi connectivity index (χ0) is 23.6. The van der Waals surface area contributed by atoms with Gasteiger partial charge in [-0.2, -0.15) is 4.31 Å². The lowest BCUT2D eigenvalue weighted by Gasteiger charge is -2.33. The number of benzene rings is 2. The third-order valence-electron chi connectivity index (χ3n) is 6.19. The maximum Gasteiger partial charge on any atom is 0.236 e. The number of nitrogens with zero attached hydrogens (tertiary/aromatic N) is 2. The molecule has 1 aromatic heterocycles. The van der Waals surface area contributed by atoms with Gasteiger partial charge in [0, 0.05) is 42.5 Å². The van der Waals surface area contributed by atoms with E-state index in [2.05, 4.69) is 26.8 Å². The second kappa shape index (κ2) is 9.53. The molecule has 1 aliphatic rings. The summed E-state index contributed by atoms with van der Waals surface area (Å²) in [6.07, 6.45) is 3.51. The molecular weight excluding hydrogens is 436 g/mol. The average molecular weight is 467 g/mol. The Morgan fingerprint density at radius 1 is 1.09 bits per heavy atom. The van der Waals surface area contributed by atoms with E-state index in [0.717, 1.165) is 22.1 Å². The highest BCUT2D eigenvalue weighted by Gasteiger charge is 2.28. The van der Waals surface area contributed by atoms with Crippen LogP contribution in [0.1, 0.15) is 42.0 Å². The highest BCUT2D eigenvalue weighted by atomic mass is 32.2. The third-order valence-corrected chi connectivity index (χ3v) is 7.75. The van der Waals surface area contributed by atoms with Gasteiger partial charge in [0.25, 0.3) is 0 Å². The first-order valence-corrected chi connectivity index (χ1v) is 12.8. The second-order valence-corrected chi connectivity index (χ2v) is 10.7. The molecule has 0 atom stereocenters. The average Bonchev–Trinajstić information content (AvgIpc) is 3.19. The molecule has 0 unspecified atom stereocenters. The Kier molecular flexibility index (Phi) is 6.72. The first-order chi connectivity index (χ1) is 15.7. The Morgan fingerprint density at radius 3 is 2.45 bits per heavy atom. The quantitative estimate of drug-likeness (QED) is 0.534. The van der Waals surface area contributed by atoms with Crippen LogP contribution in [0.5, 0.6) is 0 Å². The number of aryl methyl sites for hydroxylation is 1. The predicted molar refractivity (Wildman–Crippen MR) is 131 cm³/mol. The molecule has 0 bridgehead atoms. The van der Waals surface area contributed by atoms with E-state index in [1.54, 1.807) is 17.2 Å². The van der Waals surface area contributed by atoms with Crippen molar-refractivity contribution in [1.29, 1.82) is 0 Å². The highest BCUT2D eigenvalue weighted by molar-refractivity contribution is 7.92. The number of carbonyl (C=O) groups excluding carboxylic acids is 1. The SMILES string of the molecule is Cc1cc2occ(CC(=O)N3CCN(S(=O)(=O)/C=C/c4ccccc4)CC3)c2cc1C(C)C. The van der Waals surface area contributed by atoms with Gasteiger partial charge in [-0.15, -0.1) is 0 Å². The summed E-state index contributed by atoms with van der Waals surface area (Å²) in [5.74, 6) is 0.375. The van der Waals surface area contributed by atoms with E-state index in [4.69, 9.17) is 4.42 Å². The van der Waals surface area contributed by atoms with Crippen LogP contribution in [0.3, 0.4) is 0 Å². The lowest BCUT2D eigenvalue weighted by Crippen LogP contribution is -2.50. The number of rotatable bonds is 6. The summed E-state index contributed by atoms with van der Waals surface area (Å²) in [4.78, 5) is 14.7. The molecule has 4 rings (SSSR count). The van der Waals surface area contributed by atoms with Gasteiger partial charge in [0.15, 0.2) is 0 Å². The monoisotopic (exact) mass is 466 g/mol. The molecule has 6 nitrogen and oxygen atoms in total. The summed E-state index contributed by atoms with van der Waals surface area (Å²) in [5.41, 5.74) is 4.93. The van der Waals surface area contributed by atoms with E-state index in [-0.39, 0.29) is 25.4 Å².